The van der Waals surface area contributed by atoms with Crippen LogP contribution in [0.15, 0.2) is 59.4 Å². The zero-order valence-electron chi connectivity index (χ0n) is 14.5. The van der Waals surface area contributed by atoms with Crippen molar-refractivity contribution in [1.29, 1.82) is 0 Å². The first-order valence-electron chi connectivity index (χ1n) is 8.68. The van der Waals surface area contributed by atoms with Gasteiger partial charge in [-0.1, -0.05) is 28.9 Å². The SMILES string of the molecule is Fc1ccc(C2Cn3cnc(-c4nc(-c5ccc(Cl)cc5)no4)c3CO2)cc1. The maximum absolute atomic E-state index is 13.1. The van der Waals surface area contributed by atoms with Crippen LogP contribution in [0.25, 0.3) is 23.0 Å². The van der Waals surface area contributed by atoms with E-state index in [4.69, 9.17) is 20.9 Å². The Morgan fingerprint density at radius 1 is 1.07 bits per heavy atom. The van der Waals surface area contributed by atoms with Gasteiger partial charge >= 0.3 is 0 Å². The first-order valence-corrected chi connectivity index (χ1v) is 9.06. The van der Waals surface area contributed by atoms with Gasteiger partial charge in [-0.25, -0.2) is 9.37 Å². The molecule has 0 spiro atoms. The summed E-state index contributed by atoms with van der Waals surface area (Å²) >= 11 is 5.92. The van der Waals surface area contributed by atoms with Crippen LogP contribution in [-0.4, -0.2) is 19.7 Å². The zero-order chi connectivity index (χ0) is 19.1. The molecule has 0 aliphatic carbocycles. The fraction of sp³-hybridized carbons (Fsp3) is 0.150. The molecule has 8 heteroatoms. The van der Waals surface area contributed by atoms with Crippen molar-refractivity contribution in [2.75, 3.05) is 0 Å². The number of halogens is 2. The van der Waals surface area contributed by atoms with Crippen LogP contribution >= 0.6 is 11.6 Å². The lowest BCUT2D eigenvalue weighted by Gasteiger charge is -2.25. The van der Waals surface area contributed by atoms with Gasteiger partial charge in [-0.3, -0.25) is 0 Å². The van der Waals surface area contributed by atoms with E-state index in [2.05, 4.69) is 15.1 Å². The van der Waals surface area contributed by atoms with Crippen LogP contribution in [0.2, 0.25) is 5.02 Å². The summed E-state index contributed by atoms with van der Waals surface area (Å²) in [7, 11) is 0. The summed E-state index contributed by atoms with van der Waals surface area (Å²) in [5.74, 6) is 0.537. The highest BCUT2D eigenvalue weighted by atomic mass is 35.5. The smallest absolute Gasteiger partial charge is 0.278 e. The molecule has 0 bridgehead atoms. The topological polar surface area (TPSA) is 66.0 Å². The van der Waals surface area contributed by atoms with Crippen molar-refractivity contribution >= 4 is 11.6 Å². The molecule has 0 amide bonds. The molecule has 5 rings (SSSR count). The minimum Gasteiger partial charge on any atom is -0.365 e. The first kappa shape index (κ1) is 17.1. The van der Waals surface area contributed by atoms with E-state index in [1.807, 2.05) is 16.7 Å². The van der Waals surface area contributed by atoms with E-state index in [1.165, 1.54) is 12.1 Å². The second-order valence-electron chi connectivity index (χ2n) is 6.47. The number of aromatic nitrogens is 4. The van der Waals surface area contributed by atoms with Gasteiger partial charge in [-0.05, 0) is 42.0 Å². The van der Waals surface area contributed by atoms with E-state index < -0.39 is 0 Å². The van der Waals surface area contributed by atoms with Crippen molar-refractivity contribution < 1.29 is 13.7 Å². The lowest BCUT2D eigenvalue weighted by molar-refractivity contribution is 0.00326. The van der Waals surface area contributed by atoms with Gasteiger partial charge in [0.2, 0.25) is 5.82 Å². The summed E-state index contributed by atoms with van der Waals surface area (Å²) in [6.45, 7) is 0.919. The average Bonchev–Trinajstić information content (AvgIpc) is 3.35. The number of fused-ring (bicyclic) bond motifs is 1. The molecule has 2 aromatic carbocycles. The Morgan fingerprint density at radius 3 is 2.64 bits per heavy atom. The Morgan fingerprint density at radius 2 is 1.86 bits per heavy atom. The summed E-state index contributed by atoms with van der Waals surface area (Å²) in [6, 6.07) is 13.5. The Bertz CT molecular complexity index is 1120. The van der Waals surface area contributed by atoms with E-state index in [0.717, 1.165) is 16.8 Å². The predicted octanol–water partition coefficient (Wildman–Crippen LogP) is 4.66. The fourth-order valence-electron chi connectivity index (χ4n) is 3.22. The summed E-state index contributed by atoms with van der Waals surface area (Å²) in [5, 5.41) is 4.68. The van der Waals surface area contributed by atoms with E-state index in [1.54, 1.807) is 30.6 Å². The molecular weight excluding hydrogens is 383 g/mol. The third-order valence-electron chi connectivity index (χ3n) is 4.70. The van der Waals surface area contributed by atoms with Crippen LogP contribution in [0.4, 0.5) is 4.39 Å². The van der Waals surface area contributed by atoms with Gasteiger partial charge in [0.05, 0.1) is 25.2 Å². The number of imidazole rings is 1. The van der Waals surface area contributed by atoms with Crippen LogP contribution in [0.1, 0.15) is 17.4 Å². The highest BCUT2D eigenvalue weighted by Gasteiger charge is 2.26. The van der Waals surface area contributed by atoms with Crippen LogP contribution in [0.5, 0.6) is 0 Å². The Balaban J connectivity index is 1.41. The van der Waals surface area contributed by atoms with Crippen molar-refractivity contribution in [3.8, 4) is 23.0 Å². The van der Waals surface area contributed by atoms with Crippen LogP contribution < -0.4 is 0 Å². The quantitative estimate of drug-likeness (QED) is 0.503. The van der Waals surface area contributed by atoms with Crippen molar-refractivity contribution in [3.05, 3.63) is 77.0 Å². The molecule has 1 atom stereocenters. The normalized spacial score (nSPS) is 16.1. The van der Waals surface area contributed by atoms with Crippen LogP contribution in [0, 0.1) is 5.82 Å². The minimum absolute atomic E-state index is 0.164. The second-order valence-corrected chi connectivity index (χ2v) is 6.91. The molecule has 1 unspecified atom stereocenters. The van der Waals surface area contributed by atoms with Gasteiger partial charge in [0.15, 0.2) is 5.69 Å². The summed E-state index contributed by atoms with van der Waals surface area (Å²) < 4.78 is 26.5. The third-order valence-corrected chi connectivity index (χ3v) is 4.95. The molecule has 2 aromatic heterocycles. The monoisotopic (exact) mass is 396 g/mol. The molecule has 0 radical (unpaired) electrons. The van der Waals surface area contributed by atoms with Gasteiger partial charge in [-0.2, -0.15) is 4.98 Å². The number of hydrogen-bond donors (Lipinski definition) is 0. The molecule has 1 aliphatic heterocycles. The Hall–Kier alpha value is -3.03. The maximum Gasteiger partial charge on any atom is 0.278 e. The number of nitrogens with zero attached hydrogens (tertiary/aromatic N) is 4. The highest BCUT2D eigenvalue weighted by molar-refractivity contribution is 6.30. The van der Waals surface area contributed by atoms with E-state index in [0.29, 0.717) is 35.6 Å². The number of rotatable bonds is 3. The van der Waals surface area contributed by atoms with Gasteiger partial charge in [-0.15, -0.1) is 0 Å². The zero-order valence-corrected chi connectivity index (χ0v) is 15.3. The third kappa shape index (κ3) is 3.08. The van der Waals surface area contributed by atoms with Crippen LogP contribution in [-0.2, 0) is 17.9 Å². The number of ether oxygens (including phenoxy) is 1. The molecule has 0 saturated heterocycles. The minimum atomic E-state index is -0.266. The van der Waals surface area contributed by atoms with Gasteiger partial charge in [0.1, 0.15) is 11.9 Å². The van der Waals surface area contributed by atoms with Crippen molar-refractivity contribution in [2.45, 2.75) is 19.3 Å². The van der Waals surface area contributed by atoms with E-state index in [9.17, 15) is 4.39 Å². The molecular formula is C20H14ClFN4O2. The first-order chi connectivity index (χ1) is 13.7. The van der Waals surface area contributed by atoms with Crippen molar-refractivity contribution in [1.82, 2.24) is 19.7 Å². The molecule has 1 aliphatic rings. The molecule has 6 nitrogen and oxygen atoms in total. The van der Waals surface area contributed by atoms with Crippen LogP contribution in [0.3, 0.4) is 0 Å². The number of benzene rings is 2. The lowest BCUT2D eigenvalue weighted by atomic mass is 10.1. The van der Waals surface area contributed by atoms with Gasteiger partial charge < -0.3 is 13.8 Å². The molecule has 3 heterocycles. The predicted molar refractivity (Wildman–Crippen MR) is 99.9 cm³/mol. The summed E-state index contributed by atoms with van der Waals surface area (Å²) in [6.07, 6.45) is 1.57. The maximum atomic E-state index is 13.1. The molecule has 140 valence electrons. The van der Waals surface area contributed by atoms with Crippen molar-refractivity contribution in [3.63, 3.8) is 0 Å². The van der Waals surface area contributed by atoms with Gasteiger partial charge in [0, 0.05) is 10.6 Å². The highest BCUT2D eigenvalue weighted by Crippen LogP contribution is 2.32. The summed E-state index contributed by atoms with van der Waals surface area (Å²) in [5.41, 5.74) is 3.19. The summed E-state index contributed by atoms with van der Waals surface area (Å²) in [4.78, 5) is 8.89. The number of hydrogen-bond acceptors (Lipinski definition) is 5. The van der Waals surface area contributed by atoms with Gasteiger partial charge in [0.25, 0.3) is 5.89 Å². The van der Waals surface area contributed by atoms with E-state index >= 15 is 0 Å². The fourth-order valence-corrected chi connectivity index (χ4v) is 3.35. The second kappa shape index (κ2) is 6.85. The van der Waals surface area contributed by atoms with E-state index in [-0.39, 0.29) is 11.9 Å². The molecule has 0 saturated carbocycles. The molecule has 0 fully saturated rings. The lowest BCUT2D eigenvalue weighted by Crippen LogP contribution is -2.20. The molecule has 4 aromatic rings. The standard InChI is InChI=1S/C20H14ClFN4O2/c21-14-5-1-13(2-6-14)19-24-20(28-25-19)18-16-10-27-17(9-26(16)11-23-18)12-3-7-15(22)8-4-12/h1-8,11,17H,9-10H2. The molecule has 28 heavy (non-hydrogen) atoms. The average molecular weight is 397 g/mol. The largest absolute Gasteiger partial charge is 0.365 e. The Labute approximate surface area is 164 Å². The molecule has 0 N–H and O–H groups in total. The Kier molecular flexibility index (Phi) is 4.18. The van der Waals surface area contributed by atoms with Crippen molar-refractivity contribution in [2.24, 2.45) is 0 Å².